The van der Waals surface area contributed by atoms with Crippen LogP contribution in [0.1, 0.15) is 40.5 Å². The molecule has 6 nitrogen and oxygen atoms in total. The Hall–Kier alpha value is -1.09. The SMILES string of the molecule is C[C@H](Cn1cnc2cc(Cl)cc(Br)c21)OC(=O)N1CCCC(O[Si](C)(C)C(C)(C)C)C1. The average molecular weight is 531 g/mol. The van der Waals surface area contributed by atoms with Crippen molar-refractivity contribution >= 4 is 53.0 Å². The van der Waals surface area contributed by atoms with E-state index in [9.17, 15) is 4.79 Å². The lowest BCUT2D eigenvalue weighted by atomic mass is 10.1. The first-order chi connectivity index (χ1) is 14.4. The molecule has 0 N–H and O–H groups in total. The first-order valence-electron chi connectivity index (χ1n) is 10.8. The van der Waals surface area contributed by atoms with E-state index in [1.165, 1.54) is 0 Å². The van der Waals surface area contributed by atoms with Crippen LogP contribution in [0.4, 0.5) is 4.79 Å². The number of nitrogens with zero attached hydrogens (tertiary/aromatic N) is 3. The molecular weight excluding hydrogens is 498 g/mol. The largest absolute Gasteiger partial charge is 0.444 e. The van der Waals surface area contributed by atoms with Crippen LogP contribution in [0.5, 0.6) is 0 Å². The lowest BCUT2D eigenvalue weighted by Gasteiger charge is -2.42. The Labute approximate surface area is 199 Å². The fourth-order valence-corrected chi connectivity index (χ4v) is 6.02. The summed E-state index contributed by atoms with van der Waals surface area (Å²) in [6.07, 6.45) is 3.18. The van der Waals surface area contributed by atoms with Crippen LogP contribution in [0.25, 0.3) is 11.0 Å². The van der Waals surface area contributed by atoms with Crippen molar-refractivity contribution in [1.82, 2.24) is 14.5 Å². The van der Waals surface area contributed by atoms with E-state index in [1.54, 1.807) is 11.2 Å². The minimum absolute atomic E-state index is 0.0794. The van der Waals surface area contributed by atoms with Crippen molar-refractivity contribution in [1.29, 1.82) is 0 Å². The minimum atomic E-state index is -1.87. The third-order valence-corrected chi connectivity index (χ3v) is 11.6. The number of amides is 1. The van der Waals surface area contributed by atoms with E-state index < -0.39 is 8.32 Å². The van der Waals surface area contributed by atoms with Crippen LogP contribution in [-0.2, 0) is 15.7 Å². The van der Waals surface area contributed by atoms with E-state index in [2.05, 4.69) is 54.8 Å². The van der Waals surface area contributed by atoms with Gasteiger partial charge >= 0.3 is 6.09 Å². The predicted molar refractivity (Wildman–Crippen MR) is 131 cm³/mol. The van der Waals surface area contributed by atoms with Crippen LogP contribution in [0.15, 0.2) is 22.9 Å². The van der Waals surface area contributed by atoms with Crippen molar-refractivity contribution in [3.8, 4) is 0 Å². The van der Waals surface area contributed by atoms with Gasteiger partial charge in [0.05, 0.1) is 30.0 Å². The summed E-state index contributed by atoms with van der Waals surface area (Å²) in [5, 5.41) is 0.778. The van der Waals surface area contributed by atoms with Gasteiger partial charge in [-0.25, -0.2) is 9.78 Å². The molecule has 1 aliphatic rings. The summed E-state index contributed by atoms with van der Waals surface area (Å²) in [6, 6.07) is 3.67. The van der Waals surface area contributed by atoms with Crippen molar-refractivity contribution in [2.75, 3.05) is 13.1 Å². The van der Waals surface area contributed by atoms with Gasteiger partial charge in [-0.1, -0.05) is 32.4 Å². The van der Waals surface area contributed by atoms with Gasteiger partial charge in [0, 0.05) is 22.6 Å². The third-order valence-electron chi connectivity index (χ3n) is 6.29. The van der Waals surface area contributed by atoms with Crippen molar-refractivity contribution < 1.29 is 14.0 Å². The number of piperidine rings is 1. The Balaban J connectivity index is 1.60. The summed E-state index contributed by atoms with van der Waals surface area (Å²) in [6.45, 7) is 14.9. The van der Waals surface area contributed by atoms with Gasteiger partial charge in [0.1, 0.15) is 6.10 Å². The first-order valence-corrected chi connectivity index (χ1v) is 14.9. The van der Waals surface area contributed by atoms with Gasteiger partial charge in [-0.3, -0.25) is 0 Å². The van der Waals surface area contributed by atoms with Crippen molar-refractivity contribution in [2.24, 2.45) is 0 Å². The van der Waals surface area contributed by atoms with Gasteiger partial charge in [0.2, 0.25) is 0 Å². The molecule has 1 aromatic heterocycles. The summed E-state index contributed by atoms with van der Waals surface area (Å²) in [4.78, 5) is 19.0. The van der Waals surface area contributed by atoms with Gasteiger partial charge < -0.3 is 18.6 Å². The van der Waals surface area contributed by atoms with Gasteiger partial charge in [-0.05, 0) is 66.0 Å². The standard InChI is InChI=1S/C22H33BrClN3O3Si/c1-15(12-27-14-25-19-11-16(24)10-18(23)20(19)27)29-21(28)26-9-7-8-17(13-26)30-31(5,6)22(2,3)4/h10-11,14-15,17H,7-9,12-13H2,1-6H3/t15-,17?/m1/s1. The molecule has 2 heterocycles. The molecule has 0 spiro atoms. The second-order valence-corrected chi connectivity index (χ2v) is 16.0. The smallest absolute Gasteiger partial charge is 0.410 e. The van der Waals surface area contributed by atoms with Crippen molar-refractivity contribution in [3.05, 3.63) is 28.0 Å². The number of hydrogen-bond donors (Lipinski definition) is 0. The summed E-state index contributed by atoms with van der Waals surface area (Å²) >= 11 is 9.66. The number of imidazole rings is 1. The van der Waals surface area contributed by atoms with E-state index in [0.717, 1.165) is 28.3 Å². The normalized spacial score (nSPS) is 19.0. The highest BCUT2D eigenvalue weighted by Crippen LogP contribution is 2.38. The Morgan fingerprint density at radius 1 is 1.39 bits per heavy atom. The molecule has 3 rings (SSSR count). The molecule has 1 amide bonds. The first kappa shape index (κ1) is 24.5. The van der Waals surface area contributed by atoms with E-state index in [1.807, 2.05) is 23.6 Å². The summed E-state index contributed by atoms with van der Waals surface area (Å²) in [5.41, 5.74) is 1.74. The highest BCUT2D eigenvalue weighted by atomic mass is 79.9. The minimum Gasteiger partial charge on any atom is -0.444 e. The number of likely N-dealkylation sites (tertiary alicyclic amines) is 1. The van der Waals surface area contributed by atoms with Gasteiger partial charge in [0.25, 0.3) is 0 Å². The fourth-order valence-electron chi connectivity index (χ4n) is 3.62. The zero-order chi connectivity index (χ0) is 23.0. The zero-order valence-electron chi connectivity index (χ0n) is 19.2. The molecule has 1 saturated heterocycles. The molecule has 1 aliphatic heterocycles. The molecule has 0 saturated carbocycles. The molecule has 1 fully saturated rings. The number of halogens is 2. The van der Waals surface area contributed by atoms with Crippen LogP contribution in [0, 0.1) is 0 Å². The monoisotopic (exact) mass is 529 g/mol. The second kappa shape index (κ2) is 9.41. The molecule has 1 aromatic carbocycles. The summed E-state index contributed by atoms with van der Waals surface area (Å²) < 4.78 is 15.2. The van der Waals surface area contributed by atoms with Crippen LogP contribution in [-0.4, -0.2) is 54.2 Å². The number of fused-ring (bicyclic) bond motifs is 1. The van der Waals surface area contributed by atoms with Crippen LogP contribution in [0.3, 0.4) is 0 Å². The number of rotatable bonds is 5. The lowest BCUT2D eigenvalue weighted by molar-refractivity contribution is 0.0325. The van der Waals surface area contributed by atoms with Crippen LogP contribution >= 0.6 is 27.5 Å². The Bertz CT molecular complexity index is 944. The Morgan fingerprint density at radius 2 is 2.10 bits per heavy atom. The Kier molecular flexibility index (Phi) is 7.45. The number of aromatic nitrogens is 2. The van der Waals surface area contributed by atoms with E-state index >= 15 is 0 Å². The number of carbonyl (C=O) groups is 1. The summed E-state index contributed by atoms with van der Waals surface area (Å²) in [7, 11) is -1.87. The maximum absolute atomic E-state index is 12.8. The number of carbonyl (C=O) groups excluding carboxylic acids is 1. The average Bonchev–Trinajstić information content (AvgIpc) is 3.03. The molecular formula is C22H33BrClN3O3Si. The lowest BCUT2D eigenvalue weighted by Crippen LogP contribution is -2.50. The Morgan fingerprint density at radius 3 is 2.77 bits per heavy atom. The van der Waals surface area contributed by atoms with Crippen LogP contribution in [0.2, 0.25) is 23.2 Å². The highest BCUT2D eigenvalue weighted by molar-refractivity contribution is 9.10. The topological polar surface area (TPSA) is 56.6 Å². The molecule has 2 atom stereocenters. The predicted octanol–water partition coefficient (Wildman–Crippen LogP) is 6.46. The highest BCUT2D eigenvalue weighted by Gasteiger charge is 2.40. The number of ether oxygens (including phenoxy) is 1. The number of hydrogen-bond acceptors (Lipinski definition) is 4. The maximum Gasteiger partial charge on any atom is 0.410 e. The second-order valence-electron chi connectivity index (χ2n) is 9.94. The van der Waals surface area contributed by atoms with Gasteiger partial charge in [-0.2, -0.15) is 0 Å². The van der Waals surface area contributed by atoms with E-state index in [4.69, 9.17) is 20.8 Å². The quantitative estimate of drug-likeness (QED) is 0.416. The molecule has 31 heavy (non-hydrogen) atoms. The molecule has 1 unspecified atom stereocenters. The molecule has 9 heteroatoms. The van der Waals surface area contributed by atoms with Gasteiger partial charge in [0.15, 0.2) is 8.32 Å². The van der Waals surface area contributed by atoms with Crippen LogP contribution < -0.4 is 0 Å². The van der Waals surface area contributed by atoms with Crippen molar-refractivity contribution in [3.63, 3.8) is 0 Å². The molecule has 2 aromatic rings. The molecule has 172 valence electrons. The summed E-state index contributed by atoms with van der Waals surface area (Å²) in [5.74, 6) is 0. The molecule has 0 aliphatic carbocycles. The number of benzene rings is 1. The van der Waals surface area contributed by atoms with Gasteiger partial charge in [-0.15, -0.1) is 0 Å². The fraction of sp³-hybridized carbons (Fsp3) is 0.636. The third kappa shape index (κ3) is 5.83. The zero-order valence-corrected chi connectivity index (χ0v) is 22.6. The van der Waals surface area contributed by atoms with Crippen molar-refractivity contribution in [2.45, 2.75) is 77.4 Å². The van der Waals surface area contributed by atoms with E-state index in [-0.39, 0.29) is 23.3 Å². The molecule has 0 radical (unpaired) electrons. The maximum atomic E-state index is 12.8. The van der Waals surface area contributed by atoms with E-state index in [0.29, 0.717) is 24.7 Å². The molecule has 0 bridgehead atoms.